The molecule has 0 bridgehead atoms. The van der Waals surface area contributed by atoms with Crippen molar-refractivity contribution in [3.8, 4) is 22.7 Å². The van der Waals surface area contributed by atoms with E-state index < -0.39 is 11.8 Å². The van der Waals surface area contributed by atoms with Crippen molar-refractivity contribution in [1.82, 2.24) is 14.4 Å². The molecule has 3 aromatic carbocycles. The molecule has 0 unspecified atom stereocenters. The fourth-order valence-electron chi connectivity index (χ4n) is 5.13. The van der Waals surface area contributed by atoms with E-state index in [2.05, 4.69) is 5.32 Å². The Bertz CT molecular complexity index is 1620. The number of halogens is 1. The number of piperazine rings is 1. The first-order valence-electron chi connectivity index (χ1n) is 14.0. The second-order valence-electron chi connectivity index (χ2n) is 10.1. The molecule has 4 aromatic rings. The van der Waals surface area contributed by atoms with Gasteiger partial charge in [-0.05, 0) is 86.1 Å². The number of amides is 3. The highest BCUT2D eigenvalue weighted by Gasteiger charge is 2.28. The van der Waals surface area contributed by atoms with E-state index in [1.807, 2.05) is 31.2 Å². The van der Waals surface area contributed by atoms with Crippen molar-refractivity contribution in [2.75, 3.05) is 45.2 Å². The van der Waals surface area contributed by atoms with Crippen molar-refractivity contribution in [1.29, 1.82) is 0 Å². The molecule has 0 radical (unpaired) electrons. The molecule has 0 aliphatic carbocycles. The Labute approximate surface area is 249 Å². The van der Waals surface area contributed by atoms with E-state index >= 15 is 0 Å². The van der Waals surface area contributed by atoms with Crippen LogP contribution in [0.2, 0.25) is 0 Å². The summed E-state index contributed by atoms with van der Waals surface area (Å²) in [6, 6.07) is 21.9. The summed E-state index contributed by atoms with van der Waals surface area (Å²) >= 11 is 0. The summed E-state index contributed by atoms with van der Waals surface area (Å²) in [5.41, 5.74) is 3.88. The van der Waals surface area contributed by atoms with Gasteiger partial charge in [-0.2, -0.15) is 0 Å². The van der Waals surface area contributed by atoms with Gasteiger partial charge in [0.2, 0.25) is 0 Å². The summed E-state index contributed by atoms with van der Waals surface area (Å²) in [6.45, 7) is 5.21. The molecule has 43 heavy (non-hydrogen) atoms. The predicted octanol–water partition coefficient (Wildman–Crippen LogP) is 5.77. The first-order chi connectivity index (χ1) is 20.8. The number of methoxy groups -OCH3 is 1. The fourth-order valence-corrected chi connectivity index (χ4v) is 5.13. The number of esters is 1. The number of urea groups is 1. The van der Waals surface area contributed by atoms with E-state index in [9.17, 15) is 18.8 Å². The third-order valence-electron chi connectivity index (χ3n) is 7.46. The van der Waals surface area contributed by atoms with Crippen LogP contribution in [-0.4, -0.2) is 72.2 Å². The maximum Gasteiger partial charge on any atom is 0.338 e. The molecule has 0 saturated carbocycles. The highest BCUT2D eigenvalue weighted by Crippen LogP contribution is 2.32. The number of carbonyl (C=O) groups is 3. The van der Waals surface area contributed by atoms with E-state index in [4.69, 9.17) is 9.47 Å². The van der Waals surface area contributed by atoms with E-state index in [0.29, 0.717) is 65.8 Å². The van der Waals surface area contributed by atoms with Gasteiger partial charge >= 0.3 is 12.0 Å². The Hall–Kier alpha value is -5.12. The minimum atomic E-state index is -0.420. The summed E-state index contributed by atoms with van der Waals surface area (Å²) in [4.78, 5) is 41.9. The van der Waals surface area contributed by atoms with Crippen molar-refractivity contribution in [3.05, 3.63) is 102 Å². The van der Waals surface area contributed by atoms with Crippen LogP contribution >= 0.6 is 0 Å². The van der Waals surface area contributed by atoms with Gasteiger partial charge in [-0.3, -0.25) is 4.79 Å². The average molecular weight is 585 g/mol. The van der Waals surface area contributed by atoms with Crippen molar-refractivity contribution >= 4 is 23.6 Å². The number of ether oxygens (including phenoxy) is 2. The zero-order chi connectivity index (χ0) is 30.5. The van der Waals surface area contributed by atoms with Crippen LogP contribution < -0.4 is 10.1 Å². The van der Waals surface area contributed by atoms with Gasteiger partial charge in [0.15, 0.2) is 0 Å². The van der Waals surface area contributed by atoms with E-state index in [-0.39, 0.29) is 18.5 Å². The molecule has 9 nitrogen and oxygen atoms in total. The lowest BCUT2D eigenvalue weighted by Gasteiger charge is -2.34. The molecule has 2 heterocycles. The van der Waals surface area contributed by atoms with Crippen LogP contribution in [0.3, 0.4) is 0 Å². The number of aromatic nitrogens is 1. The van der Waals surface area contributed by atoms with E-state index in [0.717, 1.165) is 5.56 Å². The summed E-state index contributed by atoms with van der Waals surface area (Å²) in [5.74, 6) is -0.310. The largest absolute Gasteiger partial charge is 0.497 e. The highest BCUT2D eigenvalue weighted by atomic mass is 19.1. The van der Waals surface area contributed by atoms with Crippen molar-refractivity contribution in [2.45, 2.75) is 13.8 Å². The first kappa shape index (κ1) is 29.4. The molecule has 1 saturated heterocycles. The number of rotatable bonds is 7. The lowest BCUT2D eigenvalue weighted by Crippen LogP contribution is -2.51. The highest BCUT2D eigenvalue weighted by molar-refractivity contribution is 5.98. The third kappa shape index (κ3) is 6.23. The van der Waals surface area contributed by atoms with Gasteiger partial charge in [0.05, 0.1) is 36.2 Å². The minimum Gasteiger partial charge on any atom is -0.497 e. The quantitative estimate of drug-likeness (QED) is 0.279. The summed E-state index contributed by atoms with van der Waals surface area (Å²) in [5, 5.41) is 2.84. The third-order valence-corrected chi connectivity index (χ3v) is 7.46. The Morgan fingerprint density at radius 1 is 0.884 bits per heavy atom. The van der Waals surface area contributed by atoms with Gasteiger partial charge in [0, 0.05) is 37.6 Å². The number of nitrogens with zero attached hydrogens (tertiary/aromatic N) is 3. The Balaban J connectivity index is 1.31. The summed E-state index contributed by atoms with van der Waals surface area (Å²) < 4.78 is 27.0. The monoisotopic (exact) mass is 584 g/mol. The van der Waals surface area contributed by atoms with Crippen LogP contribution in [0.4, 0.5) is 14.9 Å². The van der Waals surface area contributed by atoms with Gasteiger partial charge in [0.25, 0.3) is 5.91 Å². The van der Waals surface area contributed by atoms with Crippen molar-refractivity contribution < 1.29 is 28.2 Å². The SMILES string of the molecule is CCOC(=O)c1ccc(NC(=O)N2CCN(C(=O)c3cc(-c4ccc(OC)cc4)n(-c4ccccc4F)c3C)CC2)cc1. The average Bonchev–Trinajstić information content (AvgIpc) is 3.38. The molecule has 10 heteroatoms. The lowest BCUT2D eigenvalue weighted by atomic mass is 10.1. The molecule has 222 valence electrons. The van der Waals surface area contributed by atoms with Crippen LogP contribution in [0.1, 0.15) is 33.3 Å². The molecule has 1 aliphatic heterocycles. The van der Waals surface area contributed by atoms with Crippen molar-refractivity contribution in [2.24, 2.45) is 0 Å². The van der Waals surface area contributed by atoms with E-state index in [1.54, 1.807) is 76.9 Å². The Morgan fingerprint density at radius 2 is 1.53 bits per heavy atom. The molecule has 1 aliphatic rings. The van der Waals surface area contributed by atoms with E-state index in [1.165, 1.54) is 6.07 Å². The second kappa shape index (κ2) is 12.8. The molecule has 3 amide bonds. The lowest BCUT2D eigenvalue weighted by molar-refractivity contribution is 0.0526. The topological polar surface area (TPSA) is 93.1 Å². The van der Waals surface area contributed by atoms with Gasteiger partial charge in [-0.25, -0.2) is 14.0 Å². The molecular formula is C33H33FN4O5. The molecular weight excluding hydrogens is 551 g/mol. The minimum absolute atomic E-state index is 0.183. The molecule has 1 fully saturated rings. The summed E-state index contributed by atoms with van der Waals surface area (Å²) in [6.07, 6.45) is 0. The first-order valence-corrected chi connectivity index (χ1v) is 14.0. The maximum absolute atomic E-state index is 15.0. The van der Waals surface area contributed by atoms with Crippen LogP contribution in [-0.2, 0) is 4.74 Å². The van der Waals surface area contributed by atoms with Gasteiger partial charge in [0.1, 0.15) is 11.6 Å². The van der Waals surface area contributed by atoms with Gasteiger partial charge in [-0.15, -0.1) is 0 Å². The standard InChI is InChI=1S/C33H33FN4O5/c1-4-43-32(40)24-9-13-25(14-10-24)35-33(41)37-19-17-36(18-20-37)31(39)27-21-30(23-11-15-26(42-3)16-12-23)38(22(27)2)29-8-6-5-7-28(29)34/h5-16,21H,4,17-20H2,1-3H3,(H,35,41). The van der Waals surface area contributed by atoms with Crippen molar-refractivity contribution in [3.63, 3.8) is 0 Å². The zero-order valence-electron chi connectivity index (χ0n) is 24.3. The van der Waals surface area contributed by atoms with Crippen LogP contribution in [0.5, 0.6) is 5.75 Å². The normalized spacial score (nSPS) is 13.0. The predicted molar refractivity (Wildman–Crippen MR) is 161 cm³/mol. The number of nitrogens with one attached hydrogen (secondary N) is 1. The summed E-state index contributed by atoms with van der Waals surface area (Å²) in [7, 11) is 1.59. The molecule has 1 N–H and O–H groups in total. The molecule has 0 atom stereocenters. The molecule has 0 spiro atoms. The number of hydrogen-bond donors (Lipinski definition) is 1. The molecule has 1 aromatic heterocycles. The second-order valence-corrected chi connectivity index (χ2v) is 10.1. The number of hydrogen-bond acceptors (Lipinski definition) is 5. The Kier molecular flexibility index (Phi) is 8.75. The smallest absolute Gasteiger partial charge is 0.338 e. The molecule has 5 rings (SSSR count). The van der Waals surface area contributed by atoms with Gasteiger partial charge in [-0.1, -0.05) is 12.1 Å². The van der Waals surface area contributed by atoms with Crippen LogP contribution in [0.15, 0.2) is 78.9 Å². The van der Waals surface area contributed by atoms with Gasteiger partial charge < -0.3 is 29.2 Å². The van der Waals surface area contributed by atoms with Crippen LogP contribution in [0.25, 0.3) is 16.9 Å². The number of para-hydroxylation sites is 1. The Morgan fingerprint density at radius 3 is 2.16 bits per heavy atom. The van der Waals surface area contributed by atoms with Crippen LogP contribution in [0, 0.1) is 12.7 Å². The fraction of sp³-hybridized carbons (Fsp3) is 0.242. The number of carbonyl (C=O) groups excluding carboxylic acids is 3. The number of anilines is 1. The zero-order valence-corrected chi connectivity index (χ0v) is 24.3. The maximum atomic E-state index is 15.0. The number of benzene rings is 3.